The van der Waals surface area contributed by atoms with Crippen LogP contribution in [0, 0.1) is 5.92 Å². The Morgan fingerprint density at radius 2 is 2.14 bits per heavy atom. The van der Waals surface area contributed by atoms with Crippen LogP contribution in [-0.2, 0) is 11.3 Å². The topological polar surface area (TPSA) is 80.5 Å². The number of pyridine rings is 1. The minimum Gasteiger partial charge on any atom is -0.484 e. The van der Waals surface area contributed by atoms with Crippen LogP contribution in [0.3, 0.4) is 0 Å². The Kier molecular flexibility index (Phi) is 5.91. The molecule has 1 saturated heterocycles. The van der Waals surface area contributed by atoms with Crippen molar-refractivity contribution in [3.8, 4) is 5.75 Å². The fraction of sp³-hybridized carbons (Fsp3) is 0.304. The number of benzene rings is 2. The molecule has 0 spiro atoms. The van der Waals surface area contributed by atoms with Gasteiger partial charge in [0.25, 0.3) is 5.91 Å². The quantitative estimate of drug-likeness (QED) is 0.618. The molecule has 2 aromatic carbocycles. The molecule has 1 unspecified atom stereocenters. The Bertz CT molecular complexity index is 986. The summed E-state index contributed by atoms with van der Waals surface area (Å²) < 4.78 is 5.41. The number of ether oxygens (including phenoxy) is 1. The molecule has 1 atom stereocenters. The van der Waals surface area contributed by atoms with E-state index < -0.39 is 5.91 Å². The number of primary amides is 1. The van der Waals surface area contributed by atoms with E-state index in [1.165, 1.54) is 23.1 Å². The fourth-order valence-corrected chi connectivity index (χ4v) is 3.90. The van der Waals surface area contributed by atoms with E-state index in [9.17, 15) is 4.79 Å². The highest BCUT2D eigenvalue weighted by Crippen LogP contribution is 2.25. The highest BCUT2D eigenvalue weighted by atomic mass is 16.5. The van der Waals surface area contributed by atoms with Crippen LogP contribution >= 0.6 is 0 Å². The van der Waals surface area contributed by atoms with Crippen LogP contribution in [-0.4, -0.2) is 42.0 Å². The molecule has 3 aromatic rings. The zero-order valence-corrected chi connectivity index (χ0v) is 16.4. The van der Waals surface area contributed by atoms with Gasteiger partial charge in [0, 0.05) is 48.5 Å². The summed E-state index contributed by atoms with van der Waals surface area (Å²) in [5, 5.41) is 6.00. The SMILES string of the molecule is NC(=O)COc1cccc(CN2CCC(CNc3cccc4cnccc34)C2)c1. The number of anilines is 1. The maximum absolute atomic E-state index is 10.9. The van der Waals surface area contributed by atoms with E-state index in [0.29, 0.717) is 11.7 Å². The molecule has 0 saturated carbocycles. The van der Waals surface area contributed by atoms with Gasteiger partial charge in [-0.15, -0.1) is 0 Å². The summed E-state index contributed by atoms with van der Waals surface area (Å²) in [5.41, 5.74) is 7.50. The van der Waals surface area contributed by atoms with E-state index in [4.69, 9.17) is 10.5 Å². The Morgan fingerprint density at radius 1 is 1.24 bits per heavy atom. The number of aromatic nitrogens is 1. The number of rotatable bonds is 8. The summed E-state index contributed by atoms with van der Waals surface area (Å²) in [6, 6.07) is 16.2. The lowest BCUT2D eigenvalue weighted by molar-refractivity contribution is -0.119. The zero-order chi connectivity index (χ0) is 20.1. The number of nitrogens with zero attached hydrogens (tertiary/aromatic N) is 2. The van der Waals surface area contributed by atoms with E-state index in [2.05, 4.69) is 45.5 Å². The first-order valence-corrected chi connectivity index (χ1v) is 9.96. The third kappa shape index (κ3) is 5.03. The summed E-state index contributed by atoms with van der Waals surface area (Å²) in [6.07, 6.45) is 4.92. The molecule has 4 rings (SSSR count). The molecule has 0 bridgehead atoms. The molecule has 1 aliphatic rings. The van der Waals surface area contributed by atoms with Crippen LogP contribution in [0.15, 0.2) is 60.9 Å². The predicted octanol–water partition coefficient (Wildman–Crippen LogP) is 3.03. The summed E-state index contributed by atoms with van der Waals surface area (Å²) in [5.74, 6) is 0.832. The Labute approximate surface area is 170 Å². The van der Waals surface area contributed by atoms with Gasteiger partial charge in [-0.1, -0.05) is 24.3 Å². The maximum atomic E-state index is 10.9. The van der Waals surface area contributed by atoms with Gasteiger partial charge in [0.05, 0.1) is 0 Å². The average Bonchev–Trinajstić information content (AvgIpc) is 3.18. The van der Waals surface area contributed by atoms with E-state index in [1.807, 2.05) is 30.6 Å². The summed E-state index contributed by atoms with van der Waals surface area (Å²) in [4.78, 5) is 17.6. The van der Waals surface area contributed by atoms with E-state index >= 15 is 0 Å². The summed E-state index contributed by atoms with van der Waals surface area (Å²) in [7, 11) is 0. The summed E-state index contributed by atoms with van der Waals surface area (Å²) in [6.45, 7) is 3.89. The van der Waals surface area contributed by atoms with Crippen LogP contribution in [0.1, 0.15) is 12.0 Å². The van der Waals surface area contributed by atoms with Gasteiger partial charge in [0.2, 0.25) is 0 Å². The van der Waals surface area contributed by atoms with Gasteiger partial charge in [-0.05, 0) is 48.7 Å². The van der Waals surface area contributed by atoms with Crippen molar-refractivity contribution >= 4 is 22.4 Å². The highest BCUT2D eigenvalue weighted by molar-refractivity contribution is 5.93. The van der Waals surface area contributed by atoms with Crippen molar-refractivity contribution in [1.82, 2.24) is 9.88 Å². The van der Waals surface area contributed by atoms with Gasteiger partial charge < -0.3 is 15.8 Å². The van der Waals surface area contributed by atoms with Gasteiger partial charge in [-0.2, -0.15) is 0 Å². The van der Waals surface area contributed by atoms with Gasteiger partial charge in [-0.3, -0.25) is 14.7 Å². The lowest BCUT2D eigenvalue weighted by atomic mass is 10.1. The number of nitrogens with two attached hydrogens (primary N) is 1. The lowest BCUT2D eigenvalue weighted by Gasteiger charge is -2.17. The Balaban J connectivity index is 1.30. The number of carbonyl (C=O) groups excluding carboxylic acids is 1. The first kappa shape index (κ1) is 19.2. The third-order valence-corrected chi connectivity index (χ3v) is 5.32. The van der Waals surface area contributed by atoms with Crippen molar-refractivity contribution < 1.29 is 9.53 Å². The number of hydrogen-bond donors (Lipinski definition) is 2. The minimum absolute atomic E-state index is 0.0921. The van der Waals surface area contributed by atoms with E-state index in [1.54, 1.807) is 0 Å². The van der Waals surface area contributed by atoms with Gasteiger partial charge in [0.15, 0.2) is 6.61 Å². The molecule has 0 radical (unpaired) electrons. The lowest BCUT2D eigenvalue weighted by Crippen LogP contribution is -2.23. The number of nitrogens with one attached hydrogen (secondary N) is 1. The molecule has 1 amide bonds. The van der Waals surface area contributed by atoms with E-state index in [0.717, 1.165) is 31.6 Å². The van der Waals surface area contributed by atoms with Crippen molar-refractivity contribution in [3.63, 3.8) is 0 Å². The standard InChI is InChI=1S/C23H26N4O2/c24-23(28)16-29-20-5-1-3-17(11-20)14-27-10-8-18(15-27)12-26-22-6-2-4-19-13-25-9-7-21(19)22/h1-7,9,11,13,18,26H,8,10,12,14-16H2,(H2,24,28). The molecule has 6 nitrogen and oxygen atoms in total. The molecular weight excluding hydrogens is 364 g/mol. The largest absolute Gasteiger partial charge is 0.484 e. The van der Waals surface area contributed by atoms with Gasteiger partial charge in [-0.25, -0.2) is 0 Å². The molecule has 6 heteroatoms. The van der Waals surface area contributed by atoms with Crippen LogP contribution < -0.4 is 15.8 Å². The number of hydrogen-bond acceptors (Lipinski definition) is 5. The molecule has 1 fully saturated rings. The first-order valence-electron chi connectivity index (χ1n) is 9.96. The first-order chi connectivity index (χ1) is 14.2. The fourth-order valence-electron chi connectivity index (χ4n) is 3.90. The second-order valence-corrected chi connectivity index (χ2v) is 7.58. The highest BCUT2D eigenvalue weighted by Gasteiger charge is 2.22. The van der Waals surface area contributed by atoms with Crippen LogP contribution in [0.25, 0.3) is 10.8 Å². The monoisotopic (exact) mass is 390 g/mol. The molecule has 0 aliphatic carbocycles. The predicted molar refractivity (Wildman–Crippen MR) is 115 cm³/mol. The van der Waals surface area contributed by atoms with Crippen molar-refractivity contribution in [2.75, 3.05) is 31.6 Å². The van der Waals surface area contributed by atoms with E-state index in [-0.39, 0.29) is 6.61 Å². The number of likely N-dealkylation sites (tertiary alicyclic amines) is 1. The molecular formula is C23H26N4O2. The zero-order valence-electron chi connectivity index (χ0n) is 16.4. The molecule has 29 heavy (non-hydrogen) atoms. The van der Waals surface area contributed by atoms with Crippen molar-refractivity contribution in [1.29, 1.82) is 0 Å². The van der Waals surface area contributed by atoms with Crippen molar-refractivity contribution in [2.24, 2.45) is 11.7 Å². The van der Waals surface area contributed by atoms with Crippen LogP contribution in [0.4, 0.5) is 5.69 Å². The Morgan fingerprint density at radius 3 is 3.03 bits per heavy atom. The van der Waals surface area contributed by atoms with Crippen LogP contribution in [0.2, 0.25) is 0 Å². The molecule has 1 aromatic heterocycles. The molecule has 150 valence electrons. The van der Waals surface area contributed by atoms with Crippen molar-refractivity contribution in [2.45, 2.75) is 13.0 Å². The molecule has 1 aliphatic heterocycles. The Hall–Kier alpha value is -3.12. The number of fused-ring (bicyclic) bond motifs is 1. The van der Waals surface area contributed by atoms with Crippen molar-refractivity contribution in [3.05, 3.63) is 66.5 Å². The number of carbonyl (C=O) groups is 1. The summed E-state index contributed by atoms with van der Waals surface area (Å²) >= 11 is 0. The number of amides is 1. The second-order valence-electron chi connectivity index (χ2n) is 7.58. The average molecular weight is 390 g/mol. The third-order valence-electron chi connectivity index (χ3n) is 5.32. The second kappa shape index (κ2) is 8.92. The van der Waals surface area contributed by atoms with Crippen LogP contribution in [0.5, 0.6) is 5.75 Å². The maximum Gasteiger partial charge on any atom is 0.255 e. The smallest absolute Gasteiger partial charge is 0.255 e. The normalized spacial score (nSPS) is 16.8. The minimum atomic E-state index is -0.465. The van der Waals surface area contributed by atoms with Gasteiger partial charge >= 0.3 is 0 Å². The molecule has 3 N–H and O–H groups in total. The molecule has 2 heterocycles. The van der Waals surface area contributed by atoms with Gasteiger partial charge in [0.1, 0.15) is 5.75 Å².